The smallest absolute Gasteiger partial charge is 0.305 e. The predicted octanol–water partition coefficient (Wildman–Crippen LogP) is 2.14. The van der Waals surface area contributed by atoms with Gasteiger partial charge in [0.25, 0.3) is 0 Å². The molecule has 92 valence electrons. The van der Waals surface area contributed by atoms with Gasteiger partial charge in [-0.05, 0) is 24.3 Å². The summed E-state index contributed by atoms with van der Waals surface area (Å²) in [5.41, 5.74) is 0.625. The Bertz CT molecular complexity index is 539. The molecule has 1 N–H and O–H groups in total. The van der Waals surface area contributed by atoms with Gasteiger partial charge in [-0.3, -0.25) is 10.1 Å². The summed E-state index contributed by atoms with van der Waals surface area (Å²) in [6.45, 7) is 0. The summed E-state index contributed by atoms with van der Waals surface area (Å²) in [6.07, 6.45) is 2.30. The second-order valence-electron chi connectivity index (χ2n) is 3.38. The lowest BCUT2D eigenvalue weighted by atomic mass is 10.3. The minimum atomic E-state index is -0.544. The van der Waals surface area contributed by atoms with E-state index in [1.54, 1.807) is 31.4 Å². The number of aromatic nitrogens is 2. The van der Waals surface area contributed by atoms with Gasteiger partial charge in [-0.25, -0.2) is 9.97 Å². The van der Waals surface area contributed by atoms with E-state index in [-0.39, 0.29) is 5.69 Å². The molecule has 18 heavy (non-hydrogen) atoms. The van der Waals surface area contributed by atoms with Crippen molar-refractivity contribution in [1.29, 1.82) is 0 Å². The van der Waals surface area contributed by atoms with E-state index >= 15 is 0 Å². The monoisotopic (exact) mass is 246 g/mol. The third-order valence-electron chi connectivity index (χ3n) is 2.20. The molecule has 0 fully saturated rings. The molecule has 0 saturated heterocycles. The number of anilines is 2. The Morgan fingerprint density at radius 2 is 1.83 bits per heavy atom. The number of methoxy groups -OCH3 is 1. The maximum Gasteiger partial charge on any atom is 0.305 e. The lowest BCUT2D eigenvalue weighted by Gasteiger charge is -2.05. The summed E-state index contributed by atoms with van der Waals surface area (Å²) < 4.78 is 5.03. The molecule has 0 radical (unpaired) electrons. The summed E-state index contributed by atoms with van der Waals surface area (Å²) in [5.74, 6) is 1.04. The molecule has 7 heteroatoms. The van der Waals surface area contributed by atoms with Gasteiger partial charge >= 0.3 is 5.69 Å². The molecule has 0 unspecified atom stereocenters. The van der Waals surface area contributed by atoms with Gasteiger partial charge in [0.2, 0.25) is 5.95 Å². The molecule has 0 spiro atoms. The van der Waals surface area contributed by atoms with Gasteiger partial charge in [-0.1, -0.05) is 0 Å². The van der Waals surface area contributed by atoms with Crippen molar-refractivity contribution in [3.63, 3.8) is 0 Å². The molecule has 0 atom stereocenters. The number of hydrogen-bond acceptors (Lipinski definition) is 6. The molecule has 1 heterocycles. The summed E-state index contributed by atoms with van der Waals surface area (Å²) in [4.78, 5) is 17.6. The number of benzene rings is 1. The zero-order valence-corrected chi connectivity index (χ0v) is 9.53. The van der Waals surface area contributed by atoms with Crippen LogP contribution in [-0.2, 0) is 0 Å². The van der Waals surface area contributed by atoms with E-state index in [1.807, 2.05) is 0 Å². The van der Waals surface area contributed by atoms with Gasteiger partial charge in [-0.15, -0.1) is 0 Å². The Morgan fingerprint density at radius 3 is 2.33 bits per heavy atom. The van der Waals surface area contributed by atoms with Crippen molar-refractivity contribution in [3.8, 4) is 5.75 Å². The lowest BCUT2D eigenvalue weighted by Crippen LogP contribution is -1.98. The first-order valence-electron chi connectivity index (χ1n) is 5.06. The molecule has 0 amide bonds. The second kappa shape index (κ2) is 5.09. The average molecular weight is 246 g/mol. The fourth-order valence-corrected chi connectivity index (χ4v) is 1.28. The minimum Gasteiger partial charge on any atom is -0.497 e. The van der Waals surface area contributed by atoms with E-state index < -0.39 is 4.92 Å². The second-order valence-corrected chi connectivity index (χ2v) is 3.38. The van der Waals surface area contributed by atoms with Crippen molar-refractivity contribution in [2.75, 3.05) is 12.4 Å². The van der Waals surface area contributed by atoms with E-state index in [1.165, 1.54) is 0 Å². The molecule has 0 aliphatic rings. The molecule has 1 aromatic heterocycles. The third-order valence-corrected chi connectivity index (χ3v) is 2.20. The van der Waals surface area contributed by atoms with Crippen LogP contribution in [0.1, 0.15) is 0 Å². The molecule has 0 bridgehead atoms. The maximum atomic E-state index is 10.4. The molecule has 1 aromatic carbocycles. The zero-order chi connectivity index (χ0) is 13.0. The van der Waals surface area contributed by atoms with Crippen LogP contribution in [0.5, 0.6) is 5.75 Å². The molecule has 2 aromatic rings. The van der Waals surface area contributed by atoms with Gasteiger partial charge < -0.3 is 10.1 Å². The standard InChI is InChI=1S/C11H10N4O3/c1-18-10-4-2-8(3-5-10)14-11-12-6-9(7-13-11)15(16)17/h2-7H,1H3,(H,12,13,14). The van der Waals surface area contributed by atoms with Crippen LogP contribution >= 0.6 is 0 Å². The highest BCUT2D eigenvalue weighted by Gasteiger charge is 2.06. The molecule has 2 rings (SSSR count). The van der Waals surface area contributed by atoms with Crippen LogP contribution in [-0.4, -0.2) is 22.0 Å². The fourth-order valence-electron chi connectivity index (χ4n) is 1.28. The Morgan fingerprint density at radius 1 is 1.22 bits per heavy atom. The summed E-state index contributed by atoms with van der Waals surface area (Å²) in [5, 5.41) is 13.4. The van der Waals surface area contributed by atoms with E-state index in [4.69, 9.17) is 4.74 Å². The van der Waals surface area contributed by atoms with Crippen LogP contribution in [0.15, 0.2) is 36.7 Å². The van der Waals surface area contributed by atoms with Crippen LogP contribution in [0.25, 0.3) is 0 Å². The van der Waals surface area contributed by atoms with E-state index in [9.17, 15) is 10.1 Å². The van der Waals surface area contributed by atoms with Gasteiger partial charge in [0.15, 0.2) is 0 Å². The first-order chi connectivity index (χ1) is 8.69. The highest BCUT2D eigenvalue weighted by molar-refractivity contribution is 5.54. The number of hydrogen-bond donors (Lipinski definition) is 1. The quantitative estimate of drug-likeness (QED) is 0.656. The number of nitro groups is 1. The number of nitrogens with zero attached hydrogens (tertiary/aromatic N) is 3. The Kier molecular flexibility index (Phi) is 3.33. The summed E-state index contributed by atoms with van der Waals surface area (Å²) >= 11 is 0. The zero-order valence-electron chi connectivity index (χ0n) is 9.53. The lowest BCUT2D eigenvalue weighted by molar-refractivity contribution is -0.385. The molecular weight excluding hydrogens is 236 g/mol. The topological polar surface area (TPSA) is 90.2 Å². The van der Waals surface area contributed by atoms with Crippen molar-refractivity contribution in [2.24, 2.45) is 0 Å². The normalized spacial score (nSPS) is 9.83. The van der Waals surface area contributed by atoms with Crippen LogP contribution in [0.3, 0.4) is 0 Å². The van der Waals surface area contributed by atoms with Gasteiger partial charge in [0, 0.05) is 5.69 Å². The molecular formula is C11H10N4O3. The first-order valence-corrected chi connectivity index (χ1v) is 5.06. The van der Waals surface area contributed by atoms with Gasteiger partial charge in [0.1, 0.15) is 18.1 Å². The molecule has 0 aliphatic carbocycles. The van der Waals surface area contributed by atoms with Crippen molar-refractivity contribution >= 4 is 17.3 Å². The van der Waals surface area contributed by atoms with Crippen LogP contribution in [0.4, 0.5) is 17.3 Å². The predicted molar refractivity (Wildman–Crippen MR) is 65.0 cm³/mol. The summed E-state index contributed by atoms with van der Waals surface area (Å²) in [6, 6.07) is 7.16. The fraction of sp³-hybridized carbons (Fsp3) is 0.0909. The van der Waals surface area contributed by atoms with Crippen LogP contribution in [0, 0.1) is 10.1 Å². The number of rotatable bonds is 4. The third kappa shape index (κ3) is 2.70. The Balaban J connectivity index is 2.10. The van der Waals surface area contributed by atoms with Crippen molar-refractivity contribution < 1.29 is 9.66 Å². The number of ether oxygens (including phenoxy) is 1. The largest absolute Gasteiger partial charge is 0.497 e. The molecule has 0 saturated carbocycles. The van der Waals surface area contributed by atoms with Crippen LogP contribution < -0.4 is 10.1 Å². The average Bonchev–Trinajstić information content (AvgIpc) is 2.40. The summed E-state index contributed by atoms with van der Waals surface area (Å²) in [7, 11) is 1.59. The van der Waals surface area contributed by atoms with Gasteiger partial charge in [0.05, 0.1) is 12.0 Å². The minimum absolute atomic E-state index is 0.143. The molecule has 0 aliphatic heterocycles. The first kappa shape index (κ1) is 11.8. The maximum absolute atomic E-state index is 10.4. The number of nitrogens with one attached hydrogen (secondary N) is 1. The highest BCUT2D eigenvalue weighted by Crippen LogP contribution is 2.18. The Hall–Kier alpha value is -2.70. The van der Waals surface area contributed by atoms with E-state index in [0.29, 0.717) is 5.95 Å². The van der Waals surface area contributed by atoms with Crippen molar-refractivity contribution in [3.05, 3.63) is 46.8 Å². The van der Waals surface area contributed by atoms with Crippen LogP contribution in [0.2, 0.25) is 0 Å². The van der Waals surface area contributed by atoms with Gasteiger partial charge in [-0.2, -0.15) is 0 Å². The van der Waals surface area contributed by atoms with E-state index in [0.717, 1.165) is 23.8 Å². The SMILES string of the molecule is COc1ccc(Nc2ncc([N+](=O)[O-])cn2)cc1. The highest BCUT2D eigenvalue weighted by atomic mass is 16.6. The van der Waals surface area contributed by atoms with E-state index in [2.05, 4.69) is 15.3 Å². The van der Waals surface area contributed by atoms with Crippen molar-refractivity contribution in [1.82, 2.24) is 9.97 Å². The molecule has 7 nitrogen and oxygen atoms in total. The Labute approximate surface area is 103 Å². The van der Waals surface area contributed by atoms with Crippen molar-refractivity contribution in [2.45, 2.75) is 0 Å².